The lowest BCUT2D eigenvalue weighted by Gasteiger charge is -2.20. The van der Waals surface area contributed by atoms with Crippen LogP contribution in [0.3, 0.4) is 0 Å². The second-order valence-corrected chi connectivity index (χ2v) is 9.19. The number of nitrogens with zero attached hydrogens (tertiary/aromatic N) is 3. The molecule has 4 rings (SSSR count). The van der Waals surface area contributed by atoms with Gasteiger partial charge in [-0.15, -0.1) is 0 Å². The molecule has 29 heavy (non-hydrogen) atoms. The predicted molar refractivity (Wildman–Crippen MR) is 118 cm³/mol. The summed E-state index contributed by atoms with van der Waals surface area (Å²) in [7, 11) is 0. The molecule has 1 aromatic carbocycles. The molecule has 0 atom stereocenters. The number of imidazole rings is 1. The molecule has 7 nitrogen and oxygen atoms in total. The average Bonchev–Trinajstić information content (AvgIpc) is 3.35. The van der Waals surface area contributed by atoms with Crippen LogP contribution in [0.15, 0.2) is 35.1 Å². The number of nitrogens with two attached hydrogens (primary N) is 1. The van der Waals surface area contributed by atoms with Crippen LogP contribution in [-0.4, -0.2) is 38.6 Å². The van der Waals surface area contributed by atoms with E-state index in [0.717, 1.165) is 41.0 Å². The van der Waals surface area contributed by atoms with E-state index in [4.69, 9.17) is 5.73 Å². The molecule has 0 bridgehead atoms. The van der Waals surface area contributed by atoms with E-state index in [2.05, 4.69) is 36.6 Å². The van der Waals surface area contributed by atoms with E-state index in [1.807, 2.05) is 45.0 Å². The summed E-state index contributed by atoms with van der Waals surface area (Å²) in [6.07, 6.45) is 3.94. The Kier molecular flexibility index (Phi) is 5.08. The van der Waals surface area contributed by atoms with Crippen molar-refractivity contribution in [3.05, 3.63) is 46.2 Å². The lowest BCUT2D eigenvalue weighted by Crippen LogP contribution is -2.39. The van der Waals surface area contributed by atoms with E-state index >= 15 is 0 Å². The summed E-state index contributed by atoms with van der Waals surface area (Å²) in [4.78, 5) is 17.0. The highest BCUT2D eigenvalue weighted by Gasteiger charge is 2.24. The van der Waals surface area contributed by atoms with Gasteiger partial charge >= 0.3 is 0 Å². The molecule has 152 valence electrons. The maximum Gasteiger partial charge on any atom is 0.251 e. The molecule has 0 spiro atoms. The van der Waals surface area contributed by atoms with Crippen molar-refractivity contribution >= 4 is 33.2 Å². The topological polar surface area (TPSA) is 97.3 Å². The molecule has 0 saturated heterocycles. The fourth-order valence-corrected chi connectivity index (χ4v) is 3.54. The molecule has 1 amide bonds. The number of halogens is 1. The lowest BCUT2D eigenvalue weighted by atomic mass is 10.0. The van der Waals surface area contributed by atoms with Crippen molar-refractivity contribution < 1.29 is 4.79 Å². The third kappa shape index (κ3) is 4.43. The molecule has 1 fully saturated rings. The summed E-state index contributed by atoms with van der Waals surface area (Å²) in [5.74, 6) is -0.00792. The Labute approximate surface area is 178 Å². The molecule has 0 radical (unpaired) electrons. The number of carbonyl (C=O) groups excluding carboxylic acids is 1. The van der Waals surface area contributed by atoms with Gasteiger partial charge in [-0.2, -0.15) is 5.10 Å². The molecular weight excluding hydrogens is 432 g/mol. The Bertz CT molecular complexity index is 1080. The van der Waals surface area contributed by atoms with Gasteiger partial charge in [0.05, 0.1) is 17.6 Å². The number of aromatic nitrogens is 3. The van der Waals surface area contributed by atoms with Gasteiger partial charge in [-0.3, -0.25) is 4.79 Å². The van der Waals surface area contributed by atoms with Crippen molar-refractivity contribution in [2.75, 3.05) is 11.9 Å². The number of benzene rings is 1. The number of aryl methyl sites for hydroxylation is 1. The number of anilines is 1. The number of rotatable bonds is 6. The summed E-state index contributed by atoms with van der Waals surface area (Å²) in [5, 5.41) is 11.0. The van der Waals surface area contributed by atoms with Gasteiger partial charge in [0.1, 0.15) is 4.60 Å². The molecule has 0 aliphatic heterocycles. The molecule has 1 aliphatic rings. The second kappa shape index (κ2) is 7.42. The number of nitrogens with one attached hydrogen (secondary N) is 2. The smallest absolute Gasteiger partial charge is 0.251 e. The molecular formula is C21H25BrN6O. The molecule has 0 unspecified atom stereocenters. The second-order valence-electron chi connectivity index (χ2n) is 8.38. The first-order valence-corrected chi connectivity index (χ1v) is 10.5. The zero-order chi connectivity index (χ0) is 20.8. The maximum absolute atomic E-state index is 12.4. The highest BCUT2D eigenvalue weighted by Crippen LogP contribution is 2.28. The Morgan fingerprint density at radius 1 is 1.34 bits per heavy atom. The number of hydrogen-bond donors (Lipinski definition) is 3. The van der Waals surface area contributed by atoms with Crippen LogP contribution in [0, 0.1) is 6.92 Å². The third-order valence-corrected chi connectivity index (χ3v) is 5.24. The quantitative estimate of drug-likeness (QED) is 0.527. The van der Waals surface area contributed by atoms with Crippen LogP contribution in [0.1, 0.15) is 42.6 Å². The minimum Gasteiger partial charge on any atom is -0.380 e. The first-order chi connectivity index (χ1) is 13.7. The maximum atomic E-state index is 12.4. The van der Waals surface area contributed by atoms with E-state index in [1.54, 1.807) is 10.7 Å². The molecule has 2 aromatic heterocycles. The normalized spacial score (nSPS) is 14.2. The predicted octanol–water partition coefficient (Wildman–Crippen LogP) is 3.51. The van der Waals surface area contributed by atoms with E-state index in [-0.39, 0.29) is 11.4 Å². The van der Waals surface area contributed by atoms with Crippen molar-refractivity contribution in [1.82, 2.24) is 19.9 Å². The fraction of sp³-hybridized carbons (Fsp3) is 0.381. The number of hydrogen-bond acceptors (Lipinski definition) is 5. The monoisotopic (exact) mass is 456 g/mol. The van der Waals surface area contributed by atoms with Gasteiger partial charge in [0.2, 0.25) is 0 Å². The molecule has 4 N–H and O–H groups in total. The largest absolute Gasteiger partial charge is 0.380 e. The zero-order valence-electron chi connectivity index (χ0n) is 16.8. The summed E-state index contributed by atoms with van der Waals surface area (Å²) < 4.78 is 2.49. The fourth-order valence-electron chi connectivity index (χ4n) is 3.16. The molecule has 3 aromatic rings. The van der Waals surface area contributed by atoms with Gasteiger partial charge in [0.25, 0.3) is 5.91 Å². The van der Waals surface area contributed by atoms with Crippen LogP contribution in [0.5, 0.6) is 0 Å². The Balaban J connectivity index is 1.68. The van der Waals surface area contributed by atoms with Crippen molar-refractivity contribution in [1.29, 1.82) is 0 Å². The minimum absolute atomic E-state index is 0.00792. The van der Waals surface area contributed by atoms with Gasteiger partial charge < -0.3 is 16.4 Å². The van der Waals surface area contributed by atoms with Crippen molar-refractivity contribution in [2.24, 2.45) is 5.73 Å². The van der Waals surface area contributed by atoms with Crippen LogP contribution >= 0.6 is 15.9 Å². The van der Waals surface area contributed by atoms with Crippen molar-refractivity contribution in [2.45, 2.75) is 45.2 Å². The Morgan fingerprint density at radius 2 is 2.10 bits per heavy atom. The van der Waals surface area contributed by atoms with E-state index < -0.39 is 0 Å². The van der Waals surface area contributed by atoms with Gasteiger partial charge in [-0.1, -0.05) is 6.07 Å². The average molecular weight is 457 g/mol. The van der Waals surface area contributed by atoms with E-state index in [1.165, 1.54) is 0 Å². The van der Waals surface area contributed by atoms with Gasteiger partial charge in [-0.05, 0) is 73.3 Å². The molecule has 1 aliphatic carbocycles. The molecule has 8 heteroatoms. The van der Waals surface area contributed by atoms with Gasteiger partial charge in [0.15, 0.2) is 5.65 Å². The minimum atomic E-state index is -0.351. The molecule has 2 heterocycles. The highest BCUT2D eigenvalue weighted by molar-refractivity contribution is 9.10. The standard InChI is InChI=1S/C21H25BrN6O/c1-12-8-13(4-7-15(12)20(29)26-14-5-6-14)17-10-24-19-16(25-11-21(2,3)23)9-18(22)27-28(17)19/h4,7-10,14,25H,5-6,11,23H2,1-3H3,(H,26,29). The first-order valence-electron chi connectivity index (χ1n) is 9.70. The summed E-state index contributed by atoms with van der Waals surface area (Å²) in [6, 6.07) is 8.05. The van der Waals surface area contributed by atoms with Gasteiger partial charge in [0, 0.05) is 29.3 Å². The number of fused-ring (bicyclic) bond motifs is 1. The lowest BCUT2D eigenvalue weighted by molar-refractivity contribution is 0.0950. The third-order valence-electron chi connectivity index (χ3n) is 4.85. The van der Waals surface area contributed by atoms with E-state index in [0.29, 0.717) is 22.8 Å². The summed E-state index contributed by atoms with van der Waals surface area (Å²) >= 11 is 3.49. The van der Waals surface area contributed by atoms with Crippen molar-refractivity contribution in [3.63, 3.8) is 0 Å². The zero-order valence-corrected chi connectivity index (χ0v) is 18.4. The summed E-state index contributed by atoms with van der Waals surface area (Å²) in [6.45, 7) is 6.49. The van der Waals surface area contributed by atoms with Crippen LogP contribution in [0.4, 0.5) is 5.69 Å². The van der Waals surface area contributed by atoms with Crippen molar-refractivity contribution in [3.8, 4) is 11.3 Å². The Morgan fingerprint density at radius 3 is 2.76 bits per heavy atom. The Hall–Kier alpha value is -2.45. The molecule has 1 saturated carbocycles. The summed E-state index contributed by atoms with van der Waals surface area (Å²) in [5.41, 5.74) is 10.8. The van der Waals surface area contributed by atoms with Crippen LogP contribution in [0.2, 0.25) is 0 Å². The van der Waals surface area contributed by atoms with Gasteiger partial charge in [-0.25, -0.2) is 9.50 Å². The van der Waals surface area contributed by atoms with Crippen LogP contribution in [0.25, 0.3) is 16.9 Å². The number of carbonyl (C=O) groups is 1. The SMILES string of the molecule is Cc1cc(-c2cnc3c(NCC(C)(C)N)cc(Br)nn23)ccc1C(=O)NC1CC1. The highest BCUT2D eigenvalue weighted by atomic mass is 79.9. The number of amides is 1. The van der Waals surface area contributed by atoms with Crippen LogP contribution < -0.4 is 16.4 Å². The van der Waals surface area contributed by atoms with Crippen LogP contribution in [-0.2, 0) is 0 Å². The van der Waals surface area contributed by atoms with E-state index in [9.17, 15) is 4.79 Å². The first kappa shape index (κ1) is 19.8.